The second-order valence-corrected chi connectivity index (χ2v) is 4.52. The molecule has 2 aliphatic heterocycles. The van der Waals surface area contributed by atoms with Crippen molar-refractivity contribution in [1.82, 2.24) is 10.6 Å². The molecule has 2 saturated heterocycles. The molecule has 2 rings (SSSR count). The average molecular weight is 212 g/mol. The zero-order valence-electron chi connectivity index (χ0n) is 9.13. The van der Waals surface area contributed by atoms with Crippen molar-refractivity contribution in [2.24, 2.45) is 5.92 Å². The van der Waals surface area contributed by atoms with E-state index in [1.807, 2.05) is 0 Å². The molecule has 86 valence electrons. The van der Waals surface area contributed by atoms with E-state index >= 15 is 0 Å². The summed E-state index contributed by atoms with van der Waals surface area (Å²) in [5.41, 5.74) is 0. The van der Waals surface area contributed by atoms with E-state index in [0.29, 0.717) is 18.4 Å². The van der Waals surface area contributed by atoms with Gasteiger partial charge in [-0.1, -0.05) is 0 Å². The van der Waals surface area contributed by atoms with E-state index in [-0.39, 0.29) is 5.91 Å². The van der Waals surface area contributed by atoms with E-state index in [1.165, 1.54) is 0 Å². The Labute approximate surface area is 90.8 Å². The first-order valence-electron chi connectivity index (χ1n) is 5.92. The van der Waals surface area contributed by atoms with Crippen LogP contribution in [0.3, 0.4) is 0 Å². The maximum Gasteiger partial charge on any atom is 0.220 e. The van der Waals surface area contributed by atoms with E-state index in [4.69, 9.17) is 4.74 Å². The van der Waals surface area contributed by atoms with Crippen LogP contribution in [0.5, 0.6) is 0 Å². The van der Waals surface area contributed by atoms with Gasteiger partial charge in [0.05, 0.1) is 0 Å². The molecule has 4 heteroatoms. The SMILES string of the molecule is O=C(CC1CCOCC1)N[C@H]1CCNC1. The third-order valence-electron chi connectivity index (χ3n) is 3.24. The Morgan fingerprint density at radius 1 is 1.33 bits per heavy atom. The zero-order valence-corrected chi connectivity index (χ0v) is 9.13. The smallest absolute Gasteiger partial charge is 0.220 e. The lowest BCUT2D eigenvalue weighted by Crippen LogP contribution is -2.37. The Hall–Kier alpha value is -0.610. The number of ether oxygens (including phenoxy) is 1. The summed E-state index contributed by atoms with van der Waals surface area (Å²) < 4.78 is 5.27. The molecule has 2 fully saturated rings. The van der Waals surface area contributed by atoms with Crippen molar-refractivity contribution in [3.63, 3.8) is 0 Å². The van der Waals surface area contributed by atoms with Crippen LogP contribution in [0, 0.1) is 5.92 Å². The molecule has 0 saturated carbocycles. The van der Waals surface area contributed by atoms with Gasteiger partial charge in [-0.3, -0.25) is 4.79 Å². The summed E-state index contributed by atoms with van der Waals surface area (Å²) in [5, 5.41) is 6.33. The van der Waals surface area contributed by atoms with Gasteiger partial charge in [0, 0.05) is 32.2 Å². The standard InChI is InChI=1S/C11H20N2O2/c14-11(13-10-1-4-12-8-10)7-9-2-5-15-6-3-9/h9-10,12H,1-8H2,(H,13,14)/t10-/m0/s1. The highest BCUT2D eigenvalue weighted by Gasteiger charge is 2.20. The zero-order chi connectivity index (χ0) is 10.5. The molecule has 1 atom stereocenters. The van der Waals surface area contributed by atoms with Crippen LogP contribution in [0.1, 0.15) is 25.7 Å². The Kier molecular flexibility index (Phi) is 3.97. The molecule has 4 nitrogen and oxygen atoms in total. The molecule has 2 N–H and O–H groups in total. The van der Waals surface area contributed by atoms with Crippen LogP contribution in [0.15, 0.2) is 0 Å². The van der Waals surface area contributed by atoms with Gasteiger partial charge in [0.1, 0.15) is 0 Å². The van der Waals surface area contributed by atoms with Crippen LogP contribution in [-0.2, 0) is 9.53 Å². The largest absolute Gasteiger partial charge is 0.381 e. The number of rotatable bonds is 3. The number of hydrogen-bond acceptors (Lipinski definition) is 3. The van der Waals surface area contributed by atoms with Gasteiger partial charge in [-0.15, -0.1) is 0 Å². The molecule has 0 aromatic carbocycles. The lowest BCUT2D eigenvalue weighted by atomic mass is 9.96. The van der Waals surface area contributed by atoms with Crippen molar-refractivity contribution in [2.45, 2.75) is 31.7 Å². The summed E-state index contributed by atoms with van der Waals surface area (Å²) >= 11 is 0. The predicted octanol–water partition coefficient (Wildman–Crippen LogP) is 0.281. The second kappa shape index (κ2) is 5.47. The fraction of sp³-hybridized carbons (Fsp3) is 0.909. The van der Waals surface area contributed by atoms with Gasteiger partial charge in [-0.25, -0.2) is 0 Å². The normalized spacial score (nSPS) is 27.9. The minimum absolute atomic E-state index is 0.218. The van der Waals surface area contributed by atoms with Crippen molar-refractivity contribution >= 4 is 5.91 Å². The molecule has 15 heavy (non-hydrogen) atoms. The van der Waals surface area contributed by atoms with Crippen LogP contribution >= 0.6 is 0 Å². The number of carbonyl (C=O) groups is 1. The molecule has 0 bridgehead atoms. The number of amides is 1. The molecule has 2 heterocycles. The lowest BCUT2D eigenvalue weighted by molar-refractivity contribution is -0.123. The molecule has 0 spiro atoms. The first-order valence-corrected chi connectivity index (χ1v) is 5.92. The molecule has 1 amide bonds. The van der Waals surface area contributed by atoms with Gasteiger partial charge in [0.2, 0.25) is 5.91 Å². The van der Waals surface area contributed by atoms with Crippen molar-refractivity contribution < 1.29 is 9.53 Å². The summed E-state index contributed by atoms with van der Waals surface area (Å²) in [4.78, 5) is 11.7. The predicted molar refractivity (Wildman–Crippen MR) is 57.6 cm³/mol. The molecule has 0 radical (unpaired) electrons. The van der Waals surface area contributed by atoms with E-state index in [1.54, 1.807) is 0 Å². The van der Waals surface area contributed by atoms with E-state index in [9.17, 15) is 4.79 Å². The molecule has 0 aromatic rings. The third-order valence-corrected chi connectivity index (χ3v) is 3.24. The highest BCUT2D eigenvalue weighted by Crippen LogP contribution is 2.18. The van der Waals surface area contributed by atoms with Gasteiger partial charge in [-0.05, 0) is 31.7 Å². The highest BCUT2D eigenvalue weighted by molar-refractivity contribution is 5.76. The Morgan fingerprint density at radius 3 is 2.80 bits per heavy atom. The Balaban J connectivity index is 1.66. The maximum absolute atomic E-state index is 11.7. The molecule has 0 unspecified atom stereocenters. The summed E-state index contributed by atoms with van der Waals surface area (Å²) in [6.07, 6.45) is 3.83. The minimum Gasteiger partial charge on any atom is -0.381 e. The highest BCUT2D eigenvalue weighted by atomic mass is 16.5. The topological polar surface area (TPSA) is 50.4 Å². The summed E-state index contributed by atoms with van der Waals surface area (Å²) in [6, 6.07) is 0.359. The van der Waals surface area contributed by atoms with Crippen molar-refractivity contribution in [3.05, 3.63) is 0 Å². The van der Waals surface area contributed by atoms with Crippen molar-refractivity contribution in [3.8, 4) is 0 Å². The Morgan fingerprint density at radius 2 is 2.13 bits per heavy atom. The van der Waals surface area contributed by atoms with Gasteiger partial charge < -0.3 is 15.4 Å². The van der Waals surface area contributed by atoms with Crippen LogP contribution < -0.4 is 10.6 Å². The van der Waals surface area contributed by atoms with Crippen LogP contribution in [0.4, 0.5) is 0 Å². The quantitative estimate of drug-likeness (QED) is 0.706. The molecular formula is C11H20N2O2. The van der Waals surface area contributed by atoms with Crippen LogP contribution in [0.25, 0.3) is 0 Å². The Bertz CT molecular complexity index is 209. The number of carbonyl (C=O) groups excluding carboxylic acids is 1. The first-order chi connectivity index (χ1) is 7.34. The fourth-order valence-electron chi connectivity index (χ4n) is 2.28. The van der Waals surface area contributed by atoms with Crippen molar-refractivity contribution in [1.29, 1.82) is 0 Å². The van der Waals surface area contributed by atoms with Gasteiger partial charge in [0.25, 0.3) is 0 Å². The van der Waals surface area contributed by atoms with Crippen LogP contribution in [-0.4, -0.2) is 38.3 Å². The monoisotopic (exact) mass is 212 g/mol. The molecular weight excluding hydrogens is 192 g/mol. The maximum atomic E-state index is 11.7. The molecule has 0 aliphatic carbocycles. The van der Waals surface area contributed by atoms with E-state index < -0.39 is 0 Å². The molecule has 2 aliphatic rings. The fourth-order valence-corrected chi connectivity index (χ4v) is 2.28. The second-order valence-electron chi connectivity index (χ2n) is 4.52. The number of nitrogens with one attached hydrogen (secondary N) is 2. The minimum atomic E-state index is 0.218. The summed E-state index contributed by atoms with van der Waals surface area (Å²) in [6.45, 7) is 3.60. The van der Waals surface area contributed by atoms with Gasteiger partial charge in [-0.2, -0.15) is 0 Å². The summed E-state index contributed by atoms with van der Waals surface area (Å²) in [5.74, 6) is 0.753. The van der Waals surface area contributed by atoms with Gasteiger partial charge in [0.15, 0.2) is 0 Å². The first kappa shape index (κ1) is 10.9. The van der Waals surface area contributed by atoms with Crippen LogP contribution in [0.2, 0.25) is 0 Å². The van der Waals surface area contributed by atoms with E-state index in [2.05, 4.69) is 10.6 Å². The number of hydrogen-bond donors (Lipinski definition) is 2. The van der Waals surface area contributed by atoms with E-state index in [0.717, 1.165) is 45.6 Å². The average Bonchev–Trinajstić information content (AvgIpc) is 2.71. The molecule has 0 aromatic heterocycles. The van der Waals surface area contributed by atoms with Crippen molar-refractivity contribution in [2.75, 3.05) is 26.3 Å². The third kappa shape index (κ3) is 3.47. The lowest BCUT2D eigenvalue weighted by Gasteiger charge is -2.22. The summed E-state index contributed by atoms with van der Waals surface area (Å²) in [7, 11) is 0. The van der Waals surface area contributed by atoms with Gasteiger partial charge >= 0.3 is 0 Å².